The van der Waals surface area contributed by atoms with Crippen molar-refractivity contribution in [3.63, 3.8) is 0 Å². The number of hydrogen-bond donors (Lipinski definition) is 2. The van der Waals surface area contributed by atoms with Gasteiger partial charge in [-0.1, -0.05) is 0 Å². The van der Waals surface area contributed by atoms with E-state index in [0.717, 1.165) is 38.3 Å². The summed E-state index contributed by atoms with van der Waals surface area (Å²) >= 11 is 0. The van der Waals surface area contributed by atoms with Crippen molar-refractivity contribution in [1.82, 2.24) is 10.6 Å². The molecule has 2 aliphatic rings. The molecule has 68 valence electrons. The average molecular weight is 168 g/mol. The summed E-state index contributed by atoms with van der Waals surface area (Å²) in [6, 6.07) is 0.459. The Hall–Kier alpha value is -0.570. The van der Waals surface area contributed by atoms with E-state index in [4.69, 9.17) is 0 Å². The Morgan fingerprint density at radius 3 is 2.92 bits per heavy atom. The van der Waals surface area contributed by atoms with Gasteiger partial charge in [0.25, 0.3) is 0 Å². The molecule has 0 saturated carbocycles. The van der Waals surface area contributed by atoms with E-state index in [-0.39, 0.29) is 5.91 Å². The standard InChI is InChI=1S/C9H16N2O/c12-9-2-1-7-3-5-10-6-4-8(7)11-9/h7-8,10H,1-6H2,(H,11,12)/t7-,8-/m1/s1. The smallest absolute Gasteiger partial charge is 0.220 e. The summed E-state index contributed by atoms with van der Waals surface area (Å²) in [6.07, 6.45) is 4.17. The molecule has 0 radical (unpaired) electrons. The minimum Gasteiger partial charge on any atom is -0.353 e. The Balaban J connectivity index is 1.99. The first kappa shape index (κ1) is 8.05. The zero-order valence-electron chi connectivity index (χ0n) is 7.31. The van der Waals surface area contributed by atoms with Crippen LogP contribution in [0.15, 0.2) is 0 Å². The molecule has 3 nitrogen and oxygen atoms in total. The fraction of sp³-hybridized carbons (Fsp3) is 0.889. The second kappa shape index (κ2) is 3.44. The summed E-state index contributed by atoms with van der Waals surface area (Å²) < 4.78 is 0. The van der Waals surface area contributed by atoms with Crippen molar-refractivity contribution in [3.05, 3.63) is 0 Å². The molecule has 0 bridgehead atoms. The zero-order chi connectivity index (χ0) is 8.39. The third-order valence-electron chi connectivity index (χ3n) is 2.98. The maximum absolute atomic E-state index is 11.1. The van der Waals surface area contributed by atoms with Crippen LogP contribution in [-0.2, 0) is 4.79 Å². The predicted octanol–water partition coefficient (Wildman–Crippen LogP) is 0.265. The second-order valence-electron chi connectivity index (χ2n) is 3.80. The van der Waals surface area contributed by atoms with Crippen molar-refractivity contribution in [2.45, 2.75) is 31.7 Å². The van der Waals surface area contributed by atoms with E-state index < -0.39 is 0 Å². The van der Waals surface area contributed by atoms with E-state index in [1.807, 2.05) is 0 Å². The number of nitrogens with one attached hydrogen (secondary N) is 2. The Bertz CT molecular complexity index is 181. The van der Waals surface area contributed by atoms with Crippen LogP contribution < -0.4 is 10.6 Å². The Labute approximate surface area is 72.9 Å². The first-order chi connectivity index (χ1) is 5.86. The molecule has 0 spiro atoms. The molecule has 0 aromatic rings. The van der Waals surface area contributed by atoms with Gasteiger partial charge >= 0.3 is 0 Å². The van der Waals surface area contributed by atoms with Crippen LogP contribution in [0.25, 0.3) is 0 Å². The maximum atomic E-state index is 11.1. The van der Waals surface area contributed by atoms with Crippen molar-refractivity contribution >= 4 is 5.91 Å². The maximum Gasteiger partial charge on any atom is 0.220 e. The number of rotatable bonds is 0. The fourth-order valence-electron chi connectivity index (χ4n) is 2.24. The largest absolute Gasteiger partial charge is 0.353 e. The minimum absolute atomic E-state index is 0.248. The summed E-state index contributed by atoms with van der Waals surface area (Å²) in [5, 5.41) is 6.45. The van der Waals surface area contributed by atoms with Gasteiger partial charge in [0.05, 0.1) is 0 Å². The first-order valence-corrected chi connectivity index (χ1v) is 4.86. The molecule has 0 aromatic heterocycles. The molecule has 2 atom stereocenters. The van der Waals surface area contributed by atoms with E-state index in [2.05, 4.69) is 10.6 Å². The van der Waals surface area contributed by atoms with E-state index in [9.17, 15) is 4.79 Å². The van der Waals surface area contributed by atoms with E-state index in [0.29, 0.717) is 6.04 Å². The molecule has 0 aliphatic carbocycles. The summed E-state index contributed by atoms with van der Waals surface area (Å²) in [6.45, 7) is 2.18. The van der Waals surface area contributed by atoms with Crippen LogP contribution in [0, 0.1) is 5.92 Å². The Morgan fingerprint density at radius 2 is 2.00 bits per heavy atom. The van der Waals surface area contributed by atoms with Gasteiger partial charge < -0.3 is 10.6 Å². The number of piperidine rings is 1. The van der Waals surface area contributed by atoms with Crippen LogP contribution >= 0.6 is 0 Å². The minimum atomic E-state index is 0.248. The number of amides is 1. The van der Waals surface area contributed by atoms with Crippen LogP contribution in [0.1, 0.15) is 25.7 Å². The lowest BCUT2D eigenvalue weighted by atomic mass is 9.87. The summed E-state index contributed by atoms with van der Waals surface area (Å²) in [5.74, 6) is 0.982. The molecule has 2 N–H and O–H groups in total. The lowest BCUT2D eigenvalue weighted by Crippen LogP contribution is -2.44. The first-order valence-electron chi connectivity index (χ1n) is 4.86. The van der Waals surface area contributed by atoms with Gasteiger partial charge in [-0.15, -0.1) is 0 Å². The van der Waals surface area contributed by atoms with Gasteiger partial charge in [0.1, 0.15) is 0 Å². The Kier molecular flexibility index (Phi) is 2.30. The molecule has 3 heteroatoms. The summed E-state index contributed by atoms with van der Waals surface area (Å²) in [7, 11) is 0. The highest BCUT2D eigenvalue weighted by atomic mass is 16.1. The molecule has 2 aliphatic heterocycles. The molecule has 2 heterocycles. The lowest BCUT2D eigenvalue weighted by Gasteiger charge is -2.30. The number of carbonyl (C=O) groups is 1. The number of hydrogen-bond acceptors (Lipinski definition) is 2. The zero-order valence-corrected chi connectivity index (χ0v) is 7.31. The molecule has 2 rings (SSSR count). The fourth-order valence-corrected chi connectivity index (χ4v) is 2.24. The predicted molar refractivity (Wildman–Crippen MR) is 46.8 cm³/mol. The molecule has 12 heavy (non-hydrogen) atoms. The average Bonchev–Trinajstić information content (AvgIpc) is 2.28. The monoisotopic (exact) mass is 168 g/mol. The van der Waals surface area contributed by atoms with Gasteiger partial charge in [-0.05, 0) is 38.3 Å². The van der Waals surface area contributed by atoms with E-state index >= 15 is 0 Å². The van der Waals surface area contributed by atoms with Crippen LogP contribution in [0.2, 0.25) is 0 Å². The third kappa shape index (κ3) is 1.61. The van der Waals surface area contributed by atoms with Crippen molar-refractivity contribution in [2.24, 2.45) is 5.92 Å². The van der Waals surface area contributed by atoms with E-state index in [1.54, 1.807) is 0 Å². The second-order valence-corrected chi connectivity index (χ2v) is 3.80. The van der Waals surface area contributed by atoms with Crippen LogP contribution in [0.4, 0.5) is 0 Å². The summed E-state index contributed by atoms with van der Waals surface area (Å²) in [4.78, 5) is 11.1. The molecule has 1 amide bonds. The quantitative estimate of drug-likeness (QED) is 0.545. The van der Waals surface area contributed by atoms with Crippen molar-refractivity contribution in [1.29, 1.82) is 0 Å². The molecular formula is C9H16N2O. The number of carbonyl (C=O) groups excluding carboxylic acids is 1. The molecular weight excluding hydrogens is 152 g/mol. The van der Waals surface area contributed by atoms with Gasteiger partial charge in [-0.25, -0.2) is 0 Å². The van der Waals surface area contributed by atoms with Gasteiger partial charge in [-0.3, -0.25) is 4.79 Å². The topological polar surface area (TPSA) is 41.1 Å². The van der Waals surface area contributed by atoms with Gasteiger partial charge in [0.2, 0.25) is 5.91 Å². The van der Waals surface area contributed by atoms with Crippen molar-refractivity contribution < 1.29 is 4.79 Å². The molecule has 0 aromatic carbocycles. The van der Waals surface area contributed by atoms with Crippen LogP contribution in [0.5, 0.6) is 0 Å². The van der Waals surface area contributed by atoms with Gasteiger partial charge in [0, 0.05) is 12.5 Å². The Morgan fingerprint density at radius 1 is 1.17 bits per heavy atom. The molecule has 2 fully saturated rings. The van der Waals surface area contributed by atoms with E-state index in [1.165, 1.54) is 6.42 Å². The van der Waals surface area contributed by atoms with Crippen LogP contribution in [0.3, 0.4) is 0 Å². The van der Waals surface area contributed by atoms with Gasteiger partial charge in [0.15, 0.2) is 0 Å². The van der Waals surface area contributed by atoms with Crippen molar-refractivity contribution in [3.8, 4) is 0 Å². The van der Waals surface area contributed by atoms with Crippen molar-refractivity contribution in [2.75, 3.05) is 13.1 Å². The van der Waals surface area contributed by atoms with Gasteiger partial charge in [-0.2, -0.15) is 0 Å². The van der Waals surface area contributed by atoms with Crippen LogP contribution in [-0.4, -0.2) is 25.0 Å². The highest BCUT2D eigenvalue weighted by molar-refractivity contribution is 5.77. The SMILES string of the molecule is O=C1CC[C@@H]2CCNCC[C@H]2N1. The highest BCUT2D eigenvalue weighted by Crippen LogP contribution is 2.23. The molecule has 0 unspecified atom stereocenters. The third-order valence-corrected chi connectivity index (χ3v) is 2.98. The normalized spacial score (nSPS) is 36.5. The number of fused-ring (bicyclic) bond motifs is 1. The highest BCUT2D eigenvalue weighted by Gasteiger charge is 2.28. The summed E-state index contributed by atoms with van der Waals surface area (Å²) in [5.41, 5.74) is 0. The molecule has 2 saturated heterocycles. The lowest BCUT2D eigenvalue weighted by molar-refractivity contribution is -0.124.